The fourth-order valence-corrected chi connectivity index (χ4v) is 3.07. The van der Waals surface area contributed by atoms with Crippen molar-refractivity contribution in [2.75, 3.05) is 5.32 Å². The number of anilines is 1. The normalized spacial score (nSPS) is 10.8. The number of hydrogen-bond donors (Lipinski definition) is 1. The van der Waals surface area contributed by atoms with Crippen LogP contribution < -0.4 is 5.32 Å². The first-order chi connectivity index (χ1) is 10.1. The highest BCUT2D eigenvalue weighted by molar-refractivity contribution is 7.12. The number of halogens is 1. The summed E-state index contributed by atoms with van der Waals surface area (Å²) in [7, 11) is 0. The third kappa shape index (κ3) is 2.92. The van der Waals surface area contributed by atoms with Gasteiger partial charge in [-0.1, -0.05) is 0 Å². The summed E-state index contributed by atoms with van der Waals surface area (Å²) in [6, 6.07) is 6.86. The Hall–Kier alpha value is -2.28. The van der Waals surface area contributed by atoms with Crippen molar-refractivity contribution >= 4 is 17.0 Å². The molecule has 0 radical (unpaired) electrons. The van der Waals surface area contributed by atoms with Crippen molar-refractivity contribution in [3.63, 3.8) is 0 Å². The van der Waals surface area contributed by atoms with E-state index in [2.05, 4.69) is 40.8 Å². The Bertz CT molecular complexity index is 751. The Balaban J connectivity index is 1.82. The van der Waals surface area contributed by atoms with E-state index in [1.165, 1.54) is 32.4 Å². The van der Waals surface area contributed by atoms with Gasteiger partial charge in [-0.25, -0.2) is 9.07 Å². The van der Waals surface area contributed by atoms with Crippen LogP contribution in [0.5, 0.6) is 0 Å². The van der Waals surface area contributed by atoms with Gasteiger partial charge in [0, 0.05) is 16.3 Å². The summed E-state index contributed by atoms with van der Waals surface area (Å²) in [6.07, 6.45) is 1.48. The molecule has 0 aliphatic rings. The number of aromatic nitrogens is 4. The largest absolute Gasteiger partial charge is 0.378 e. The summed E-state index contributed by atoms with van der Waals surface area (Å²) >= 11 is 1.75. The number of nitrogens with one attached hydrogen (secondary N) is 1. The molecule has 21 heavy (non-hydrogen) atoms. The monoisotopic (exact) mass is 303 g/mol. The maximum atomic E-state index is 13.9. The molecule has 1 aromatic carbocycles. The molecular formula is C14H14FN5S. The van der Waals surface area contributed by atoms with E-state index in [4.69, 9.17) is 0 Å². The molecule has 0 bridgehead atoms. The zero-order valence-corrected chi connectivity index (χ0v) is 12.5. The Morgan fingerprint density at radius 1 is 1.29 bits per heavy atom. The topological polar surface area (TPSA) is 55.6 Å². The van der Waals surface area contributed by atoms with Crippen LogP contribution in [0.25, 0.3) is 5.69 Å². The number of benzene rings is 1. The summed E-state index contributed by atoms with van der Waals surface area (Å²) < 4.78 is 15.4. The average Bonchev–Trinajstić information content (AvgIpc) is 3.08. The highest BCUT2D eigenvalue weighted by Gasteiger charge is 2.08. The van der Waals surface area contributed by atoms with Crippen LogP contribution in [-0.2, 0) is 6.54 Å². The molecule has 0 aliphatic heterocycles. The third-order valence-corrected chi connectivity index (χ3v) is 4.18. The van der Waals surface area contributed by atoms with Crippen LogP contribution in [0.15, 0.2) is 30.6 Å². The summed E-state index contributed by atoms with van der Waals surface area (Å²) in [6.45, 7) is 4.73. The summed E-state index contributed by atoms with van der Waals surface area (Å²) in [5, 5.41) is 14.1. The van der Waals surface area contributed by atoms with Crippen LogP contribution in [0.1, 0.15) is 15.3 Å². The van der Waals surface area contributed by atoms with Gasteiger partial charge in [-0.3, -0.25) is 0 Å². The molecule has 0 aliphatic carbocycles. The second kappa shape index (κ2) is 5.61. The van der Waals surface area contributed by atoms with Crippen molar-refractivity contribution < 1.29 is 4.39 Å². The highest BCUT2D eigenvalue weighted by Crippen LogP contribution is 2.23. The molecule has 0 fully saturated rings. The van der Waals surface area contributed by atoms with E-state index < -0.39 is 0 Å². The third-order valence-electron chi connectivity index (χ3n) is 3.18. The highest BCUT2D eigenvalue weighted by atomic mass is 32.1. The molecule has 5 nitrogen and oxygen atoms in total. The number of hydrogen-bond acceptors (Lipinski definition) is 5. The van der Waals surface area contributed by atoms with Crippen LogP contribution >= 0.6 is 11.3 Å². The molecule has 0 spiro atoms. The molecule has 7 heteroatoms. The number of rotatable bonds is 4. The van der Waals surface area contributed by atoms with E-state index in [0.717, 1.165) is 0 Å². The molecule has 2 aromatic heterocycles. The van der Waals surface area contributed by atoms with Crippen molar-refractivity contribution in [2.45, 2.75) is 20.4 Å². The van der Waals surface area contributed by atoms with Gasteiger partial charge in [-0.05, 0) is 54.1 Å². The van der Waals surface area contributed by atoms with Gasteiger partial charge in [0.15, 0.2) is 0 Å². The molecule has 2 heterocycles. The van der Waals surface area contributed by atoms with E-state index in [1.807, 2.05) is 0 Å². The number of nitrogens with zero attached hydrogens (tertiary/aromatic N) is 4. The molecular weight excluding hydrogens is 289 g/mol. The number of tetrazole rings is 1. The molecule has 0 atom stereocenters. The lowest BCUT2D eigenvalue weighted by molar-refractivity contribution is 0.629. The Morgan fingerprint density at radius 3 is 2.81 bits per heavy atom. The number of thiophene rings is 1. The quantitative estimate of drug-likeness (QED) is 0.804. The molecule has 0 saturated carbocycles. The van der Waals surface area contributed by atoms with Crippen molar-refractivity contribution in [3.05, 3.63) is 51.7 Å². The van der Waals surface area contributed by atoms with Crippen molar-refractivity contribution in [2.24, 2.45) is 0 Å². The Kier molecular flexibility index (Phi) is 3.66. The molecule has 3 rings (SSSR count). The Labute approximate surface area is 125 Å². The molecule has 0 saturated heterocycles. The predicted molar refractivity (Wildman–Crippen MR) is 80.2 cm³/mol. The van der Waals surface area contributed by atoms with Crippen LogP contribution in [0.4, 0.5) is 10.1 Å². The second-order valence-electron chi connectivity index (χ2n) is 4.71. The van der Waals surface area contributed by atoms with Crippen molar-refractivity contribution in [1.29, 1.82) is 0 Å². The first-order valence-electron chi connectivity index (χ1n) is 6.46. The summed E-state index contributed by atoms with van der Waals surface area (Å²) in [4.78, 5) is 2.50. The van der Waals surface area contributed by atoms with Crippen LogP contribution in [0.2, 0.25) is 0 Å². The van der Waals surface area contributed by atoms with Gasteiger partial charge in [0.1, 0.15) is 12.1 Å². The molecule has 0 unspecified atom stereocenters. The average molecular weight is 303 g/mol. The lowest BCUT2D eigenvalue weighted by Crippen LogP contribution is -2.03. The van der Waals surface area contributed by atoms with E-state index >= 15 is 0 Å². The van der Waals surface area contributed by atoms with Gasteiger partial charge in [0.25, 0.3) is 0 Å². The second-order valence-corrected chi connectivity index (χ2v) is 6.17. The summed E-state index contributed by atoms with van der Waals surface area (Å²) in [5.41, 5.74) is 2.33. The minimum absolute atomic E-state index is 0.295. The van der Waals surface area contributed by atoms with Gasteiger partial charge in [-0.15, -0.1) is 16.4 Å². The van der Waals surface area contributed by atoms with Gasteiger partial charge in [0.2, 0.25) is 0 Å². The number of aryl methyl sites for hydroxylation is 2. The smallest absolute Gasteiger partial charge is 0.146 e. The maximum absolute atomic E-state index is 13.9. The molecule has 108 valence electrons. The van der Waals surface area contributed by atoms with E-state index in [1.54, 1.807) is 23.5 Å². The van der Waals surface area contributed by atoms with Gasteiger partial charge in [-0.2, -0.15) is 0 Å². The first-order valence-corrected chi connectivity index (χ1v) is 7.28. The Morgan fingerprint density at radius 2 is 2.14 bits per heavy atom. The van der Waals surface area contributed by atoms with Gasteiger partial charge in [0.05, 0.1) is 11.4 Å². The van der Waals surface area contributed by atoms with Crippen molar-refractivity contribution in [1.82, 2.24) is 20.2 Å². The SMILES string of the molecule is Cc1cc(CNc2cc(-n3cnnn3)ccc2F)c(C)s1. The lowest BCUT2D eigenvalue weighted by Gasteiger charge is -2.09. The summed E-state index contributed by atoms with van der Waals surface area (Å²) in [5.74, 6) is -0.295. The zero-order valence-electron chi connectivity index (χ0n) is 11.7. The predicted octanol–water partition coefficient (Wildman–Crippen LogP) is 3.09. The fraction of sp³-hybridized carbons (Fsp3) is 0.214. The van der Waals surface area contributed by atoms with E-state index in [9.17, 15) is 4.39 Å². The van der Waals surface area contributed by atoms with Gasteiger partial charge < -0.3 is 5.32 Å². The van der Waals surface area contributed by atoms with Crippen molar-refractivity contribution in [3.8, 4) is 5.69 Å². The lowest BCUT2D eigenvalue weighted by atomic mass is 10.2. The zero-order chi connectivity index (χ0) is 14.8. The maximum Gasteiger partial charge on any atom is 0.146 e. The van der Waals surface area contributed by atoms with E-state index in [0.29, 0.717) is 17.9 Å². The standard InChI is InChI=1S/C14H14FN5S/c1-9-5-11(10(2)21-9)7-16-14-6-12(3-4-13(14)15)20-8-17-18-19-20/h3-6,8,16H,7H2,1-2H3. The molecule has 1 N–H and O–H groups in total. The van der Waals surface area contributed by atoms with Crippen LogP contribution in [0, 0.1) is 19.7 Å². The minimum atomic E-state index is -0.295. The fourth-order valence-electron chi connectivity index (χ4n) is 2.12. The molecule has 3 aromatic rings. The van der Waals surface area contributed by atoms with Crippen LogP contribution in [0.3, 0.4) is 0 Å². The van der Waals surface area contributed by atoms with Crippen LogP contribution in [-0.4, -0.2) is 20.2 Å². The minimum Gasteiger partial charge on any atom is -0.378 e. The first kappa shape index (κ1) is 13.7. The molecule has 0 amide bonds. The van der Waals surface area contributed by atoms with Gasteiger partial charge >= 0.3 is 0 Å². The van der Waals surface area contributed by atoms with E-state index in [-0.39, 0.29) is 5.82 Å².